The Hall–Kier alpha value is -1.61. The smallest absolute Gasteiger partial charge is 0.243 e. The van der Waals surface area contributed by atoms with Crippen LogP contribution in [0.5, 0.6) is 0 Å². The summed E-state index contributed by atoms with van der Waals surface area (Å²) in [6.07, 6.45) is 1.06. The van der Waals surface area contributed by atoms with Crippen molar-refractivity contribution in [1.82, 2.24) is 9.62 Å². The Bertz CT molecular complexity index is 890. The van der Waals surface area contributed by atoms with Gasteiger partial charge in [-0.15, -0.1) is 0 Å². The predicted molar refractivity (Wildman–Crippen MR) is 112 cm³/mol. The number of carbonyl (C=O) groups is 1. The standard InChI is InChI=1S/C19H22ClFN2O3S2/c1-23(28(2,25)26)18(14-7-4-3-5-8-14)19(24)22-11-12-27-13-15-16(20)9-6-10-17(15)21/h3-10,18H,11-13H2,1-2H3,(H,22,24). The van der Waals surface area contributed by atoms with E-state index in [1.807, 2.05) is 0 Å². The third kappa shape index (κ3) is 6.20. The first-order chi connectivity index (χ1) is 13.2. The van der Waals surface area contributed by atoms with Crippen LogP contribution in [0.15, 0.2) is 48.5 Å². The largest absolute Gasteiger partial charge is 0.354 e. The number of likely N-dealkylation sites (N-methyl/N-ethyl adjacent to an activating group) is 1. The Morgan fingerprint density at radius 3 is 2.50 bits per heavy atom. The van der Waals surface area contributed by atoms with Gasteiger partial charge in [-0.3, -0.25) is 4.79 Å². The molecular formula is C19H22ClFN2O3S2. The second-order valence-electron chi connectivity index (χ2n) is 6.14. The van der Waals surface area contributed by atoms with Crippen molar-refractivity contribution in [2.45, 2.75) is 11.8 Å². The lowest BCUT2D eigenvalue weighted by atomic mass is 10.1. The van der Waals surface area contributed by atoms with Crippen LogP contribution in [0, 0.1) is 5.82 Å². The molecule has 0 aliphatic heterocycles. The van der Waals surface area contributed by atoms with E-state index in [-0.39, 0.29) is 5.82 Å². The molecule has 1 amide bonds. The molecule has 0 heterocycles. The van der Waals surface area contributed by atoms with Gasteiger partial charge in [0.15, 0.2) is 0 Å². The number of thioether (sulfide) groups is 1. The lowest BCUT2D eigenvalue weighted by Crippen LogP contribution is -2.41. The Morgan fingerprint density at radius 2 is 1.89 bits per heavy atom. The summed E-state index contributed by atoms with van der Waals surface area (Å²) in [4.78, 5) is 12.7. The quantitative estimate of drug-likeness (QED) is 0.601. The number of halogens is 2. The highest BCUT2D eigenvalue weighted by molar-refractivity contribution is 7.98. The zero-order valence-electron chi connectivity index (χ0n) is 15.6. The number of sulfonamides is 1. The maximum Gasteiger partial charge on any atom is 0.243 e. The monoisotopic (exact) mass is 444 g/mol. The van der Waals surface area contributed by atoms with Crippen molar-refractivity contribution in [3.63, 3.8) is 0 Å². The Kier molecular flexibility index (Phi) is 8.30. The van der Waals surface area contributed by atoms with E-state index in [0.29, 0.717) is 34.2 Å². The fraction of sp³-hybridized carbons (Fsp3) is 0.316. The molecule has 0 aromatic heterocycles. The highest BCUT2D eigenvalue weighted by Crippen LogP contribution is 2.24. The molecule has 1 atom stereocenters. The van der Waals surface area contributed by atoms with E-state index in [0.717, 1.165) is 10.6 Å². The summed E-state index contributed by atoms with van der Waals surface area (Å²) in [5.74, 6) is 0.138. The highest BCUT2D eigenvalue weighted by atomic mass is 35.5. The van der Waals surface area contributed by atoms with E-state index >= 15 is 0 Å². The van der Waals surface area contributed by atoms with E-state index in [2.05, 4.69) is 5.32 Å². The summed E-state index contributed by atoms with van der Waals surface area (Å²) in [7, 11) is -2.19. The molecule has 5 nitrogen and oxygen atoms in total. The Labute approximate surface area is 174 Å². The van der Waals surface area contributed by atoms with Gasteiger partial charge < -0.3 is 5.32 Å². The maximum absolute atomic E-state index is 13.8. The zero-order chi connectivity index (χ0) is 20.7. The molecule has 1 N–H and O–H groups in total. The SMILES string of the molecule is CN(C(C(=O)NCCSCc1c(F)cccc1Cl)c1ccccc1)S(C)(=O)=O. The van der Waals surface area contributed by atoms with Gasteiger partial charge in [0, 0.05) is 35.7 Å². The summed E-state index contributed by atoms with van der Waals surface area (Å²) >= 11 is 7.42. The summed E-state index contributed by atoms with van der Waals surface area (Å²) in [6.45, 7) is 0.316. The van der Waals surface area contributed by atoms with Crippen LogP contribution in [0.25, 0.3) is 0 Å². The molecule has 28 heavy (non-hydrogen) atoms. The number of nitrogens with one attached hydrogen (secondary N) is 1. The van der Waals surface area contributed by atoms with Crippen molar-refractivity contribution in [3.05, 3.63) is 70.5 Å². The normalized spacial score (nSPS) is 12.8. The summed E-state index contributed by atoms with van der Waals surface area (Å²) in [6, 6.07) is 12.3. The van der Waals surface area contributed by atoms with Gasteiger partial charge in [0.25, 0.3) is 0 Å². The van der Waals surface area contributed by atoms with Crippen LogP contribution in [0.4, 0.5) is 4.39 Å². The van der Waals surface area contributed by atoms with Gasteiger partial charge in [-0.25, -0.2) is 12.8 Å². The molecule has 0 saturated carbocycles. The van der Waals surface area contributed by atoms with Crippen molar-refractivity contribution in [3.8, 4) is 0 Å². The maximum atomic E-state index is 13.8. The fourth-order valence-electron chi connectivity index (χ4n) is 2.54. The zero-order valence-corrected chi connectivity index (χ0v) is 18.0. The van der Waals surface area contributed by atoms with Gasteiger partial charge in [-0.05, 0) is 17.7 Å². The minimum atomic E-state index is -3.57. The van der Waals surface area contributed by atoms with Crippen molar-refractivity contribution in [1.29, 1.82) is 0 Å². The van der Waals surface area contributed by atoms with Crippen LogP contribution in [0.1, 0.15) is 17.2 Å². The van der Waals surface area contributed by atoms with Gasteiger partial charge in [0.05, 0.1) is 6.26 Å². The van der Waals surface area contributed by atoms with Gasteiger partial charge in [0.1, 0.15) is 11.9 Å². The van der Waals surface area contributed by atoms with Gasteiger partial charge in [-0.2, -0.15) is 16.1 Å². The minimum absolute atomic E-state index is 0.316. The predicted octanol–water partition coefficient (Wildman–Crippen LogP) is 3.46. The Balaban J connectivity index is 1.95. The van der Waals surface area contributed by atoms with Crippen molar-refractivity contribution in [2.24, 2.45) is 0 Å². The lowest BCUT2D eigenvalue weighted by Gasteiger charge is -2.25. The molecule has 0 spiro atoms. The summed E-state index contributed by atoms with van der Waals surface area (Å²) < 4.78 is 38.7. The number of amides is 1. The molecule has 2 aromatic carbocycles. The topological polar surface area (TPSA) is 66.5 Å². The van der Waals surface area contributed by atoms with Crippen LogP contribution in [-0.4, -0.2) is 44.2 Å². The van der Waals surface area contributed by atoms with E-state index in [4.69, 9.17) is 11.6 Å². The number of benzene rings is 2. The molecule has 152 valence electrons. The summed E-state index contributed by atoms with van der Waals surface area (Å²) in [5, 5.41) is 3.13. The first-order valence-electron chi connectivity index (χ1n) is 8.48. The molecule has 1 unspecified atom stereocenters. The number of rotatable bonds is 9. The van der Waals surface area contributed by atoms with Crippen LogP contribution < -0.4 is 5.32 Å². The molecule has 9 heteroatoms. The van der Waals surface area contributed by atoms with Gasteiger partial charge >= 0.3 is 0 Å². The van der Waals surface area contributed by atoms with Crippen LogP contribution >= 0.6 is 23.4 Å². The van der Waals surface area contributed by atoms with Crippen LogP contribution in [-0.2, 0) is 20.6 Å². The number of nitrogens with zero attached hydrogens (tertiary/aromatic N) is 1. The molecule has 2 aromatic rings. The highest BCUT2D eigenvalue weighted by Gasteiger charge is 2.30. The van der Waals surface area contributed by atoms with E-state index in [9.17, 15) is 17.6 Å². The molecule has 0 aliphatic rings. The third-order valence-electron chi connectivity index (χ3n) is 4.10. The number of hydrogen-bond donors (Lipinski definition) is 1. The fourth-order valence-corrected chi connectivity index (χ4v) is 4.34. The van der Waals surface area contributed by atoms with Crippen LogP contribution in [0.3, 0.4) is 0 Å². The Morgan fingerprint density at radius 1 is 1.21 bits per heavy atom. The molecule has 0 radical (unpaired) electrons. The molecule has 0 bridgehead atoms. The molecule has 0 saturated heterocycles. The molecule has 0 aliphatic carbocycles. The molecule has 0 fully saturated rings. The summed E-state index contributed by atoms with van der Waals surface area (Å²) in [5.41, 5.74) is 1.01. The second-order valence-corrected chi connectivity index (χ2v) is 9.69. The van der Waals surface area contributed by atoms with Gasteiger partial charge in [0.2, 0.25) is 15.9 Å². The van der Waals surface area contributed by atoms with E-state index < -0.39 is 22.0 Å². The second kappa shape index (κ2) is 10.2. The van der Waals surface area contributed by atoms with Crippen molar-refractivity contribution < 1.29 is 17.6 Å². The first kappa shape index (κ1) is 22.7. The van der Waals surface area contributed by atoms with Gasteiger partial charge in [-0.1, -0.05) is 48.0 Å². The molecule has 2 rings (SSSR count). The minimum Gasteiger partial charge on any atom is -0.354 e. The van der Waals surface area contributed by atoms with Crippen molar-refractivity contribution >= 4 is 39.3 Å². The average molecular weight is 445 g/mol. The number of hydrogen-bond acceptors (Lipinski definition) is 4. The lowest BCUT2D eigenvalue weighted by molar-refractivity contribution is -0.124. The average Bonchev–Trinajstić information content (AvgIpc) is 2.64. The number of carbonyl (C=O) groups excluding carboxylic acids is 1. The van der Waals surface area contributed by atoms with Crippen LogP contribution in [0.2, 0.25) is 5.02 Å². The molecular weight excluding hydrogens is 423 g/mol. The first-order valence-corrected chi connectivity index (χ1v) is 11.9. The van der Waals surface area contributed by atoms with E-state index in [1.165, 1.54) is 24.9 Å². The third-order valence-corrected chi connectivity index (χ3v) is 6.70. The van der Waals surface area contributed by atoms with E-state index in [1.54, 1.807) is 42.5 Å². The van der Waals surface area contributed by atoms with Crippen molar-refractivity contribution in [2.75, 3.05) is 25.6 Å².